The number of amides is 1. The van der Waals surface area contributed by atoms with E-state index >= 15 is 0 Å². The quantitative estimate of drug-likeness (QED) is 0.261. The number of carbonyl (C=O) groups excluding carboxylic acids is 2. The summed E-state index contributed by atoms with van der Waals surface area (Å²) in [6, 6.07) is 0. The number of ether oxygens (including phenoxy) is 1. The number of carboxylic acids is 1. The summed E-state index contributed by atoms with van der Waals surface area (Å²) in [5.41, 5.74) is 0. The molecule has 0 aliphatic carbocycles. The van der Waals surface area contributed by atoms with Crippen molar-refractivity contribution >= 4 is 11.9 Å². The van der Waals surface area contributed by atoms with Crippen LogP contribution >= 0.6 is 0 Å². The smallest absolute Gasteiger partial charge is 0.220 e. The van der Waals surface area contributed by atoms with Crippen LogP contribution in [0.25, 0.3) is 0 Å². The van der Waals surface area contributed by atoms with Gasteiger partial charge in [0.05, 0.1) is 14.1 Å². The minimum absolute atomic E-state index is 0.0685. The van der Waals surface area contributed by atoms with Crippen LogP contribution in [0.4, 0.5) is 0 Å². The zero-order valence-electron chi connectivity index (χ0n) is 20.5. The topological polar surface area (TPSA) is 78.5 Å². The molecule has 6 nitrogen and oxygen atoms in total. The molecule has 2 atom stereocenters. The normalized spacial score (nSPS) is 20.5. The molecule has 0 aromatic heterocycles. The largest absolute Gasteiger partial charge is 0.550 e. The Balaban J connectivity index is 1.99. The molecule has 0 aromatic carbocycles. The summed E-state index contributed by atoms with van der Waals surface area (Å²) in [5, 5.41) is 13.9. The molecule has 0 spiro atoms. The van der Waals surface area contributed by atoms with Gasteiger partial charge in [0.2, 0.25) is 5.91 Å². The van der Waals surface area contributed by atoms with E-state index in [-0.39, 0.29) is 24.5 Å². The molecule has 1 saturated heterocycles. The van der Waals surface area contributed by atoms with Crippen LogP contribution in [-0.2, 0) is 14.3 Å². The molecule has 0 aromatic rings. The van der Waals surface area contributed by atoms with Gasteiger partial charge in [-0.25, -0.2) is 0 Å². The Labute approximate surface area is 190 Å². The Morgan fingerprint density at radius 3 is 1.84 bits per heavy atom. The number of morpholine rings is 1. The highest BCUT2D eigenvalue weighted by atomic mass is 16.5. The number of likely N-dealkylation sites (N-methyl/N-ethyl adjacent to an activating group) is 1. The van der Waals surface area contributed by atoms with E-state index in [0.717, 1.165) is 19.4 Å². The van der Waals surface area contributed by atoms with Crippen LogP contribution in [0.15, 0.2) is 0 Å². The molecule has 0 radical (unpaired) electrons. The van der Waals surface area contributed by atoms with Crippen molar-refractivity contribution in [3.63, 3.8) is 0 Å². The number of rotatable bonds is 18. The Bertz CT molecular complexity index is 496. The minimum Gasteiger partial charge on any atom is -0.550 e. The van der Waals surface area contributed by atoms with Gasteiger partial charge in [-0.1, -0.05) is 84.0 Å². The third-order valence-electron chi connectivity index (χ3n) is 6.21. The predicted octanol–water partition coefficient (Wildman–Crippen LogP) is 3.57. The fourth-order valence-corrected chi connectivity index (χ4v) is 4.57. The lowest BCUT2D eigenvalue weighted by atomic mass is 10.0. The molecule has 31 heavy (non-hydrogen) atoms. The van der Waals surface area contributed by atoms with Gasteiger partial charge in [0.1, 0.15) is 25.3 Å². The van der Waals surface area contributed by atoms with E-state index in [0.29, 0.717) is 24.0 Å². The van der Waals surface area contributed by atoms with Gasteiger partial charge in [-0.15, -0.1) is 0 Å². The molecule has 1 rings (SSSR count). The highest BCUT2D eigenvalue weighted by Crippen LogP contribution is 2.17. The van der Waals surface area contributed by atoms with Crippen LogP contribution in [0.5, 0.6) is 0 Å². The minimum atomic E-state index is -1.09. The highest BCUT2D eigenvalue weighted by molar-refractivity contribution is 5.75. The average Bonchev–Trinajstić information content (AvgIpc) is 2.68. The first kappa shape index (κ1) is 27.9. The van der Waals surface area contributed by atoms with Gasteiger partial charge in [-0.05, 0) is 6.42 Å². The molecule has 6 heteroatoms. The van der Waals surface area contributed by atoms with E-state index in [4.69, 9.17) is 4.74 Å². The van der Waals surface area contributed by atoms with Crippen LogP contribution in [0.3, 0.4) is 0 Å². The summed E-state index contributed by atoms with van der Waals surface area (Å²) >= 11 is 0. The van der Waals surface area contributed by atoms with E-state index in [1.165, 1.54) is 70.6 Å². The molecule has 1 fully saturated rings. The van der Waals surface area contributed by atoms with Gasteiger partial charge >= 0.3 is 0 Å². The fraction of sp³-hybridized carbons (Fsp3) is 0.920. The van der Waals surface area contributed by atoms with Crippen molar-refractivity contribution in [3.8, 4) is 0 Å². The fourth-order valence-electron chi connectivity index (χ4n) is 4.57. The third kappa shape index (κ3) is 15.3. The summed E-state index contributed by atoms with van der Waals surface area (Å²) in [4.78, 5) is 23.0. The highest BCUT2D eigenvalue weighted by Gasteiger charge is 2.34. The van der Waals surface area contributed by atoms with Crippen LogP contribution in [0.2, 0.25) is 0 Å². The molecule has 1 aliphatic heterocycles. The molecule has 0 bridgehead atoms. The van der Waals surface area contributed by atoms with Crippen molar-refractivity contribution in [3.05, 3.63) is 0 Å². The Morgan fingerprint density at radius 2 is 1.32 bits per heavy atom. The lowest BCUT2D eigenvalue weighted by Crippen LogP contribution is -2.59. The first-order chi connectivity index (χ1) is 14.8. The summed E-state index contributed by atoms with van der Waals surface area (Å²) in [7, 11) is 4.13. The summed E-state index contributed by atoms with van der Waals surface area (Å²) in [5.74, 6) is -1.02. The molecule has 0 saturated carbocycles. The van der Waals surface area contributed by atoms with Gasteiger partial charge in [-0.3, -0.25) is 4.79 Å². The number of carboxylic acid groups (broad SMARTS) is 1. The molecule has 1 aliphatic rings. The number of hydrogen-bond acceptors (Lipinski definition) is 4. The number of nitrogens with zero attached hydrogens (tertiary/aromatic N) is 1. The van der Waals surface area contributed by atoms with E-state index in [1.54, 1.807) is 0 Å². The zero-order valence-corrected chi connectivity index (χ0v) is 20.5. The second kappa shape index (κ2) is 16.5. The van der Waals surface area contributed by atoms with Crippen molar-refractivity contribution in [2.24, 2.45) is 0 Å². The van der Waals surface area contributed by atoms with Crippen LogP contribution in [0.1, 0.15) is 103 Å². The van der Waals surface area contributed by atoms with Crippen LogP contribution in [-0.4, -0.2) is 62.3 Å². The molecule has 1 N–H and O–H groups in total. The van der Waals surface area contributed by atoms with E-state index in [2.05, 4.69) is 26.3 Å². The number of quaternary nitrogens is 1. The Kier molecular flexibility index (Phi) is 14.8. The Hall–Kier alpha value is -1.14. The van der Waals surface area contributed by atoms with Gasteiger partial charge < -0.3 is 24.4 Å². The van der Waals surface area contributed by atoms with Crippen LogP contribution < -0.4 is 10.4 Å². The van der Waals surface area contributed by atoms with Crippen LogP contribution in [0, 0.1) is 0 Å². The molecular formula is C25H48N2O4. The zero-order chi connectivity index (χ0) is 23.0. The maximum Gasteiger partial charge on any atom is 0.220 e. The number of carbonyl (C=O) groups is 2. The average molecular weight is 441 g/mol. The maximum atomic E-state index is 12.1. The van der Waals surface area contributed by atoms with Crippen molar-refractivity contribution in [2.75, 3.05) is 33.7 Å². The molecule has 1 amide bonds. The summed E-state index contributed by atoms with van der Waals surface area (Å²) < 4.78 is 6.55. The number of unbranched alkanes of at least 4 members (excludes halogenated alkanes) is 12. The number of aliphatic carboxylic acids is 1. The van der Waals surface area contributed by atoms with Crippen molar-refractivity contribution in [2.45, 2.75) is 115 Å². The number of nitrogens with one attached hydrogen (secondary N) is 1. The lowest BCUT2D eigenvalue weighted by molar-refractivity contribution is -0.905. The van der Waals surface area contributed by atoms with Gasteiger partial charge in [0.15, 0.2) is 0 Å². The van der Waals surface area contributed by atoms with Gasteiger partial charge in [0.25, 0.3) is 0 Å². The maximum absolute atomic E-state index is 12.1. The van der Waals surface area contributed by atoms with Crippen molar-refractivity contribution in [1.82, 2.24) is 5.32 Å². The first-order valence-electron chi connectivity index (χ1n) is 12.8. The standard InChI is InChI=1S/C25H48N2O4/c1-4-5-6-7-8-9-10-11-12-13-14-15-16-17-24(28)26-19-23-21-27(2,3)20-22(31-23)18-25(29)30/h22-23H,4-21H2,1-3H3,(H-,26,28,29,30)/t22-,23+/m1/s1. The summed E-state index contributed by atoms with van der Waals surface area (Å²) in [6.45, 7) is 4.12. The molecule has 1 heterocycles. The van der Waals surface area contributed by atoms with Crippen molar-refractivity contribution < 1.29 is 23.9 Å². The monoisotopic (exact) mass is 440 g/mol. The summed E-state index contributed by atoms with van der Waals surface area (Å²) in [6.07, 6.45) is 16.8. The first-order valence-corrected chi connectivity index (χ1v) is 12.8. The van der Waals surface area contributed by atoms with Gasteiger partial charge in [-0.2, -0.15) is 0 Å². The van der Waals surface area contributed by atoms with E-state index in [9.17, 15) is 14.7 Å². The predicted molar refractivity (Wildman–Crippen MR) is 123 cm³/mol. The number of hydrogen-bond donors (Lipinski definition) is 1. The SMILES string of the molecule is CCCCCCCCCCCCCCCC(=O)NC[C@H]1C[N+](C)(C)C[C@@H](CC(=O)[O-])O1. The Morgan fingerprint density at radius 1 is 0.839 bits per heavy atom. The third-order valence-corrected chi connectivity index (χ3v) is 6.21. The second-order valence-corrected chi connectivity index (χ2v) is 10.1. The lowest BCUT2D eigenvalue weighted by Gasteiger charge is -2.42. The van der Waals surface area contributed by atoms with Crippen molar-refractivity contribution in [1.29, 1.82) is 0 Å². The molecule has 0 unspecified atom stereocenters. The molecular weight excluding hydrogens is 392 g/mol. The second-order valence-electron chi connectivity index (χ2n) is 10.1. The molecule has 182 valence electrons. The van der Waals surface area contributed by atoms with E-state index in [1.807, 2.05) is 0 Å². The van der Waals surface area contributed by atoms with Gasteiger partial charge in [0, 0.05) is 25.4 Å². The van der Waals surface area contributed by atoms with E-state index < -0.39 is 5.97 Å².